The van der Waals surface area contributed by atoms with Crippen LogP contribution in [0.2, 0.25) is 0 Å². The number of rotatable bonds is 8. The molecule has 1 fully saturated rings. The van der Waals surface area contributed by atoms with Crippen LogP contribution in [0.3, 0.4) is 0 Å². The van der Waals surface area contributed by atoms with E-state index < -0.39 is 15.1 Å². The first kappa shape index (κ1) is 20.8. The summed E-state index contributed by atoms with van der Waals surface area (Å²) in [7, 11) is -1.37. The minimum Gasteiger partial charge on any atom is -0.464 e. The van der Waals surface area contributed by atoms with Crippen molar-refractivity contribution in [3.8, 4) is 0 Å². The number of carbonyl (C=O) groups excluding carboxylic acids is 1. The van der Waals surface area contributed by atoms with Gasteiger partial charge in [0.15, 0.2) is 4.08 Å². The maximum Gasteiger partial charge on any atom is 0.334 e. The smallest absolute Gasteiger partial charge is 0.334 e. The Morgan fingerprint density at radius 2 is 1.88 bits per heavy atom. The molecular weight excluding hydrogens is 374 g/mol. The van der Waals surface area contributed by atoms with Crippen LogP contribution in [-0.2, 0) is 20.5 Å². The van der Waals surface area contributed by atoms with Gasteiger partial charge in [-0.2, -0.15) is 0 Å². The van der Waals surface area contributed by atoms with Crippen LogP contribution >= 0.6 is 23.5 Å². The number of ether oxygens (including phenoxy) is 1. The van der Waals surface area contributed by atoms with Gasteiger partial charge in [-0.05, 0) is 38.3 Å². The summed E-state index contributed by atoms with van der Waals surface area (Å²) in [5.74, 6) is 1.97. The van der Waals surface area contributed by atoms with Crippen molar-refractivity contribution in [1.82, 2.24) is 4.72 Å². The fraction of sp³-hybridized carbons (Fsp3) is 0.611. The maximum absolute atomic E-state index is 12.9. The molecule has 1 N–H and O–H groups in total. The van der Waals surface area contributed by atoms with Gasteiger partial charge in [0.25, 0.3) is 0 Å². The molecule has 1 aromatic rings. The molecule has 140 valence electrons. The van der Waals surface area contributed by atoms with Crippen LogP contribution in [0.15, 0.2) is 29.2 Å². The SMILES string of the molecule is CCOC(=O)C1(C(CC(C)C)NS(=O)c2ccc(C)cc2)SCCS1. The highest BCUT2D eigenvalue weighted by atomic mass is 32.2. The maximum atomic E-state index is 12.9. The van der Waals surface area contributed by atoms with E-state index in [2.05, 4.69) is 18.6 Å². The summed E-state index contributed by atoms with van der Waals surface area (Å²) < 4.78 is 20.7. The van der Waals surface area contributed by atoms with Gasteiger partial charge >= 0.3 is 5.97 Å². The van der Waals surface area contributed by atoms with Crippen LogP contribution in [-0.4, -0.2) is 38.4 Å². The van der Waals surface area contributed by atoms with Crippen molar-refractivity contribution < 1.29 is 13.7 Å². The largest absolute Gasteiger partial charge is 0.464 e. The van der Waals surface area contributed by atoms with Gasteiger partial charge in [-0.25, -0.2) is 13.7 Å². The lowest BCUT2D eigenvalue weighted by Gasteiger charge is -2.34. The predicted octanol–water partition coefficient (Wildman–Crippen LogP) is 3.76. The monoisotopic (exact) mass is 401 g/mol. The summed E-state index contributed by atoms with van der Waals surface area (Å²) in [6.45, 7) is 8.42. The molecule has 7 heteroatoms. The van der Waals surface area contributed by atoms with E-state index in [1.807, 2.05) is 38.1 Å². The first-order valence-electron chi connectivity index (χ1n) is 8.58. The molecule has 1 aliphatic heterocycles. The molecule has 0 aromatic heterocycles. The van der Waals surface area contributed by atoms with E-state index in [-0.39, 0.29) is 12.0 Å². The van der Waals surface area contributed by atoms with Gasteiger partial charge in [-0.15, -0.1) is 23.5 Å². The van der Waals surface area contributed by atoms with Crippen LogP contribution in [0.5, 0.6) is 0 Å². The number of hydrogen-bond donors (Lipinski definition) is 1. The third kappa shape index (κ3) is 5.25. The van der Waals surface area contributed by atoms with Gasteiger partial charge in [0.2, 0.25) is 0 Å². The normalized spacial score (nSPS) is 18.9. The van der Waals surface area contributed by atoms with E-state index in [4.69, 9.17) is 4.74 Å². The minimum atomic E-state index is -1.37. The van der Waals surface area contributed by atoms with Gasteiger partial charge in [0, 0.05) is 11.5 Å². The van der Waals surface area contributed by atoms with Gasteiger partial charge in [0.05, 0.1) is 17.5 Å². The summed E-state index contributed by atoms with van der Waals surface area (Å²) in [6.07, 6.45) is 0.760. The highest BCUT2D eigenvalue weighted by molar-refractivity contribution is 8.22. The number of benzene rings is 1. The summed E-state index contributed by atoms with van der Waals surface area (Å²) in [4.78, 5) is 13.5. The average Bonchev–Trinajstić information content (AvgIpc) is 3.05. The number of nitrogens with one attached hydrogen (secondary N) is 1. The average molecular weight is 402 g/mol. The highest BCUT2D eigenvalue weighted by Gasteiger charge is 2.51. The Morgan fingerprint density at radius 3 is 2.40 bits per heavy atom. The molecule has 1 aliphatic rings. The number of carbonyl (C=O) groups is 1. The fourth-order valence-corrected chi connectivity index (χ4v) is 7.11. The molecule has 2 rings (SSSR count). The zero-order chi connectivity index (χ0) is 18.4. The molecule has 25 heavy (non-hydrogen) atoms. The predicted molar refractivity (Wildman–Crippen MR) is 108 cm³/mol. The Labute approximate surface area is 161 Å². The number of thioether (sulfide) groups is 2. The van der Waals surface area contributed by atoms with Gasteiger partial charge in [-0.1, -0.05) is 31.5 Å². The molecule has 0 bridgehead atoms. The molecule has 2 unspecified atom stereocenters. The van der Waals surface area contributed by atoms with Crippen molar-refractivity contribution in [2.45, 2.75) is 49.1 Å². The Balaban J connectivity index is 2.25. The molecule has 0 saturated carbocycles. The summed E-state index contributed by atoms with van der Waals surface area (Å²) in [6, 6.07) is 7.43. The second kappa shape index (κ2) is 9.44. The van der Waals surface area contributed by atoms with Gasteiger partial charge in [-0.3, -0.25) is 0 Å². The molecule has 4 nitrogen and oxygen atoms in total. The Morgan fingerprint density at radius 1 is 1.28 bits per heavy atom. The second-order valence-corrected chi connectivity index (χ2v) is 10.7. The summed E-state index contributed by atoms with van der Waals surface area (Å²) in [5, 5.41) is 0. The van der Waals surface area contributed by atoms with Crippen LogP contribution in [0.4, 0.5) is 0 Å². The van der Waals surface area contributed by atoms with Gasteiger partial charge in [0.1, 0.15) is 11.0 Å². The fourth-order valence-electron chi connectivity index (χ4n) is 2.73. The Kier molecular flexibility index (Phi) is 7.86. The molecule has 1 aromatic carbocycles. The molecule has 2 atom stereocenters. The Bertz CT molecular complexity index is 598. The quantitative estimate of drug-likeness (QED) is 0.672. The van der Waals surface area contributed by atoms with E-state index in [0.717, 1.165) is 28.4 Å². The van der Waals surface area contributed by atoms with Crippen molar-refractivity contribution in [1.29, 1.82) is 0 Å². The van der Waals surface area contributed by atoms with E-state index in [9.17, 15) is 9.00 Å². The zero-order valence-corrected chi connectivity index (χ0v) is 17.7. The van der Waals surface area contributed by atoms with Crippen LogP contribution in [0.25, 0.3) is 0 Å². The molecule has 1 heterocycles. The Hall–Kier alpha value is -0.500. The van der Waals surface area contributed by atoms with Crippen LogP contribution in [0, 0.1) is 12.8 Å². The molecular formula is C18H27NO3S3. The van der Waals surface area contributed by atoms with E-state index in [0.29, 0.717) is 12.5 Å². The zero-order valence-electron chi connectivity index (χ0n) is 15.2. The molecule has 0 radical (unpaired) electrons. The van der Waals surface area contributed by atoms with E-state index in [1.54, 1.807) is 23.5 Å². The second-order valence-electron chi connectivity index (χ2n) is 6.47. The summed E-state index contributed by atoms with van der Waals surface area (Å²) in [5.41, 5.74) is 1.13. The first-order valence-corrected chi connectivity index (χ1v) is 11.7. The minimum absolute atomic E-state index is 0.207. The van der Waals surface area contributed by atoms with E-state index in [1.165, 1.54) is 0 Å². The van der Waals surface area contributed by atoms with Crippen molar-refractivity contribution >= 4 is 40.5 Å². The number of aryl methyl sites for hydroxylation is 1. The van der Waals surface area contributed by atoms with E-state index >= 15 is 0 Å². The van der Waals surface area contributed by atoms with Crippen molar-refractivity contribution in [3.05, 3.63) is 29.8 Å². The third-order valence-corrected chi connectivity index (χ3v) is 8.67. The van der Waals surface area contributed by atoms with Crippen molar-refractivity contribution in [2.24, 2.45) is 5.92 Å². The standard InChI is InChI=1S/C18H27NO3S3/c1-5-22-17(20)18(23-10-11-24-18)16(12-13(2)3)19-25(21)15-8-6-14(4)7-9-15/h6-9,13,16,19H,5,10-12H2,1-4H3. The van der Waals surface area contributed by atoms with Crippen LogP contribution < -0.4 is 4.72 Å². The molecule has 0 spiro atoms. The third-order valence-electron chi connectivity index (χ3n) is 3.93. The molecule has 1 saturated heterocycles. The lowest BCUT2D eigenvalue weighted by atomic mass is 10.0. The lowest BCUT2D eigenvalue weighted by molar-refractivity contribution is -0.144. The van der Waals surface area contributed by atoms with Gasteiger partial charge < -0.3 is 4.74 Å². The molecule has 0 aliphatic carbocycles. The topological polar surface area (TPSA) is 55.4 Å². The number of esters is 1. The summed E-state index contributed by atoms with van der Waals surface area (Å²) >= 11 is 3.24. The highest BCUT2D eigenvalue weighted by Crippen LogP contribution is 2.49. The lowest BCUT2D eigenvalue weighted by Crippen LogP contribution is -2.52. The first-order chi connectivity index (χ1) is 11.9. The van der Waals surface area contributed by atoms with Crippen LogP contribution in [0.1, 0.15) is 32.8 Å². The number of hydrogen-bond acceptors (Lipinski definition) is 5. The molecule has 0 amide bonds. The van der Waals surface area contributed by atoms with Crippen molar-refractivity contribution in [2.75, 3.05) is 18.1 Å². The van der Waals surface area contributed by atoms with Crippen molar-refractivity contribution in [3.63, 3.8) is 0 Å².